The van der Waals surface area contributed by atoms with E-state index in [1.165, 1.54) is 201 Å². The van der Waals surface area contributed by atoms with Gasteiger partial charge in [-0.05, 0) is 136 Å². The number of rotatable bonds is 27. The molecule has 0 amide bonds. The van der Waals surface area contributed by atoms with Crippen LogP contribution in [0.2, 0.25) is 0 Å². The Hall–Kier alpha value is -5.73. The van der Waals surface area contributed by atoms with Gasteiger partial charge in [-0.1, -0.05) is 203 Å². The summed E-state index contributed by atoms with van der Waals surface area (Å²) in [5, 5.41) is 0. The number of thiophene rings is 3. The SMILES string of the molecule is CCCCCCC1(CCCCCC)c2ccccc2-c2ccc(N(c3ccc(-c4ccc(-c5sc(-c6ccc(C=O)s6)c6c5OCCO6)s4)cc3)c3ccc4c(c3)C(CCCCCC)(CCCCCC)c3ccccc3-4)cc21. The highest BCUT2D eigenvalue weighted by Gasteiger charge is 2.44. The molecule has 0 fully saturated rings. The van der Waals surface area contributed by atoms with E-state index in [9.17, 15) is 4.79 Å². The minimum atomic E-state index is -0.0243. The number of anilines is 3. The molecule has 0 bridgehead atoms. The zero-order valence-electron chi connectivity index (χ0n) is 46.7. The van der Waals surface area contributed by atoms with Crippen molar-refractivity contribution in [3.8, 4) is 63.7 Å². The van der Waals surface area contributed by atoms with Crippen molar-refractivity contribution >= 4 is 57.4 Å². The van der Waals surface area contributed by atoms with E-state index >= 15 is 0 Å². The average molecular weight is 1090 g/mol. The Bertz CT molecular complexity index is 3170. The lowest BCUT2D eigenvalue weighted by Crippen LogP contribution is -2.26. The Morgan fingerprint density at radius 3 is 1.31 bits per heavy atom. The molecule has 78 heavy (non-hydrogen) atoms. The molecule has 0 N–H and O–H groups in total. The molecule has 4 nitrogen and oxygen atoms in total. The van der Waals surface area contributed by atoms with Crippen LogP contribution in [0.3, 0.4) is 0 Å². The molecule has 5 aromatic carbocycles. The molecule has 3 aliphatic rings. The first-order valence-electron chi connectivity index (χ1n) is 29.9. The summed E-state index contributed by atoms with van der Waals surface area (Å²) in [6.45, 7) is 10.4. The number of fused-ring (bicyclic) bond motifs is 7. The number of hydrogen-bond donors (Lipinski definition) is 0. The molecule has 0 radical (unpaired) electrons. The Morgan fingerprint density at radius 1 is 0.423 bits per heavy atom. The smallest absolute Gasteiger partial charge is 0.181 e. The first-order valence-corrected chi connectivity index (χ1v) is 32.4. The molecule has 0 atom stereocenters. The maximum absolute atomic E-state index is 11.7. The lowest BCUT2D eigenvalue weighted by molar-refractivity contribution is 0.112. The van der Waals surface area contributed by atoms with Crippen LogP contribution in [0.1, 0.15) is 188 Å². The summed E-state index contributed by atoms with van der Waals surface area (Å²) in [5.41, 5.74) is 16.6. The zero-order valence-corrected chi connectivity index (χ0v) is 49.2. The van der Waals surface area contributed by atoms with E-state index in [2.05, 4.69) is 154 Å². The average Bonchev–Trinajstić information content (AvgIpc) is 4.39. The Labute approximate surface area is 477 Å². The van der Waals surface area contributed by atoms with Crippen molar-refractivity contribution in [1.82, 2.24) is 0 Å². The third-order valence-corrected chi connectivity index (χ3v) is 21.1. The number of carbonyl (C=O) groups excluding carboxylic acids is 1. The van der Waals surface area contributed by atoms with Crippen molar-refractivity contribution < 1.29 is 14.3 Å². The van der Waals surface area contributed by atoms with E-state index in [1.54, 1.807) is 33.8 Å². The van der Waals surface area contributed by atoms with Gasteiger partial charge in [-0.25, -0.2) is 0 Å². The number of nitrogens with zero attached hydrogens (tertiary/aromatic N) is 1. The van der Waals surface area contributed by atoms with Crippen LogP contribution in [0.15, 0.2) is 133 Å². The number of ether oxygens (including phenoxy) is 2. The highest BCUT2D eigenvalue weighted by molar-refractivity contribution is 7.28. The molecule has 1 aliphatic heterocycles. The Kier molecular flexibility index (Phi) is 17.2. The summed E-state index contributed by atoms with van der Waals surface area (Å²) in [6, 6.07) is 51.8. The molecule has 4 heterocycles. The van der Waals surface area contributed by atoms with Crippen molar-refractivity contribution in [3.63, 3.8) is 0 Å². The largest absolute Gasteiger partial charge is 0.485 e. The van der Waals surface area contributed by atoms with Gasteiger partial charge in [-0.3, -0.25) is 4.79 Å². The highest BCUT2D eigenvalue weighted by Crippen LogP contribution is 2.59. The van der Waals surface area contributed by atoms with Gasteiger partial charge < -0.3 is 14.4 Å². The van der Waals surface area contributed by atoms with Crippen LogP contribution in [-0.2, 0) is 10.8 Å². The fourth-order valence-electron chi connectivity index (χ4n) is 13.6. The minimum absolute atomic E-state index is 0.0243. The predicted molar refractivity (Wildman–Crippen MR) is 335 cm³/mol. The van der Waals surface area contributed by atoms with Crippen LogP contribution < -0.4 is 14.4 Å². The minimum Gasteiger partial charge on any atom is -0.485 e. The van der Waals surface area contributed by atoms with Gasteiger partial charge in [0.15, 0.2) is 17.8 Å². The first-order chi connectivity index (χ1) is 38.4. The van der Waals surface area contributed by atoms with Crippen LogP contribution in [0, 0.1) is 0 Å². The van der Waals surface area contributed by atoms with E-state index < -0.39 is 0 Å². The number of benzene rings is 5. The highest BCUT2D eigenvalue weighted by atomic mass is 32.1. The Balaban J connectivity index is 1.03. The molecule has 0 saturated carbocycles. The molecule has 3 aromatic heterocycles. The molecular weight excluding hydrogens is 1010 g/mol. The van der Waals surface area contributed by atoms with Crippen LogP contribution in [0.25, 0.3) is 52.2 Å². The maximum Gasteiger partial charge on any atom is 0.181 e. The van der Waals surface area contributed by atoms with E-state index in [-0.39, 0.29) is 10.8 Å². The third kappa shape index (κ3) is 10.5. The van der Waals surface area contributed by atoms with E-state index in [0.29, 0.717) is 18.1 Å². The van der Waals surface area contributed by atoms with Gasteiger partial charge in [0.2, 0.25) is 0 Å². The second kappa shape index (κ2) is 24.7. The summed E-state index contributed by atoms with van der Waals surface area (Å²) in [7, 11) is 0. The van der Waals surface area contributed by atoms with E-state index in [4.69, 9.17) is 9.47 Å². The number of unbranched alkanes of at least 4 members (excludes halogenated alkanes) is 12. The van der Waals surface area contributed by atoms with Gasteiger partial charge in [-0.2, -0.15) is 0 Å². The maximum atomic E-state index is 11.7. The molecule has 0 unspecified atom stereocenters. The van der Waals surface area contributed by atoms with Gasteiger partial charge in [0.25, 0.3) is 0 Å². The Morgan fingerprint density at radius 2 is 0.846 bits per heavy atom. The van der Waals surface area contributed by atoms with Gasteiger partial charge in [0, 0.05) is 42.5 Å². The van der Waals surface area contributed by atoms with Crippen molar-refractivity contribution in [3.05, 3.63) is 161 Å². The van der Waals surface area contributed by atoms with Crippen molar-refractivity contribution in [2.24, 2.45) is 0 Å². The molecule has 404 valence electrons. The van der Waals surface area contributed by atoms with Crippen molar-refractivity contribution in [1.29, 1.82) is 0 Å². The van der Waals surface area contributed by atoms with Crippen LogP contribution >= 0.6 is 34.0 Å². The van der Waals surface area contributed by atoms with Gasteiger partial charge in [0.05, 0.1) is 14.6 Å². The number of aldehydes is 1. The second-order valence-corrected chi connectivity index (χ2v) is 25.7. The third-order valence-electron chi connectivity index (χ3n) is 17.5. The van der Waals surface area contributed by atoms with Crippen LogP contribution in [-0.4, -0.2) is 19.5 Å². The van der Waals surface area contributed by atoms with Crippen LogP contribution in [0.4, 0.5) is 17.1 Å². The number of carbonyl (C=O) groups is 1. The molecule has 7 heteroatoms. The normalized spacial score (nSPS) is 14.3. The summed E-state index contributed by atoms with van der Waals surface area (Å²) in [5.74, 6) is 1.61. The molecule has 0 saturated heterocycles. The van der Waals surface area contributed by atoms with Gasteiger partial charge in [0.1, 0.15) is 13.2 Å². The number of hydrogen-bond acceptors (Lipinski definition) is 7. The summed E-state index contributed by atoms with van der Waals surface area (Å²) in [4.78, 5) is 20.5. The van der Waals surface area contributed by atoms with Crippen molar-refractivity contribution in [2.45, 2.75) is 167 Å². The van der Waals surface area contributed by atoms with E-state index in [0.717, 1.165) is 37.3 Å². The molecule has 8 aromatic rings. The first kappa shape index (κ1) is 54.2. The standard InChI is InChI=1S/C71H79NO3S3/c1-5-9-13-21-41-70(42-22-14-10-6-2)59-27-19-17-25-55(59)57-36-33-52(47-61(57)70)72(53-34-37-58-56-26-18-20-28-60(56)71(62(58)48-53,43-23-15-11-7-3)44-24-16-12-8-4)51-31-29-50(30-32-51)63-39-40-65(77-63)69-67-66(74-45-46-75-67)68(78-69)64-38-35-54(49-73)76-64/h17-20,25-40,47-49H,5-16,21-24,41-46H2,1-4H3. The lowest BCUT2D eigenvalue weighted by Gasteiger charge is -2.35. The quantitative estimate of drug-likeness (QED) is 0.0380. The second-order valence-electron chi connectivity index (χ2n) is 22.4. The molecule has 0 spiro atoms. The summed E-state index contributed by atoms with van der Waals surface area (Å²) >= 11 is 4.99. The fraction of sp³-hybridized carbons (Fsp3) is 0.394. The summed E-state index contributed by atoms with van der Waals surface area (Å²) in [6.07, 6.45) is 25.9. The summed E-state index contributed by atoms with van der Waals surface area (Å²) < 4.78 is 12.6. The van der Waals surface area contributed by atoms with Crippen LogP contribution in [0.5, 0.6) is 11.5 Å². The molecular formula is C71H79NO3S3. The van der Waals surface area contributed by atoms with Gasteiger partial charge >= 0.3 is 0 Å². The van der Waals surface area contributed by atoms with Crippen molar-refractivity contribution in [2.75, 3.05) is 18.1 Å². The predicted octanol–water partition coefficient (Wildman–Crippen LogP) is 22.3. The molecule has 2 aliphatic carbocycles. The van der Waals surface area contributed by atoms with Gasteiger partial charge in [-0.15, -0.1) is 34.0 Å². The lowest BCUT2D eigenvalue weighted by atomic mass is 9.70. The van der Waals surface area contributed by atoms with E-state index in [1.807, 2.05) is 12.1 Å². The fourth-order valence-corrected chi connectivity index (χ4v) is 16.8. The molecule has 11 rings (SSSR count). The monoisotopic (exact) mass is 1090 g/mol. The zero-order chi connectivity index (χ0) is 53.5. The topological polar surface area (TPSA) is 38.8 Å².